The van der Waals surface area contributed by atoms with Crippen LogP contribution in [0.4, 0.5) is 0 Å². The van der Waals surface area contributed by atoms with E-state index in [0.29, 0.717) is 5.82 Å². The summed E-state index contributed by atoms with van der Waals surface area (Å²) in [5.74, 6) is 0.630. The second kappa shape index (κ2) is 5.32. The molecule has 3 aromatic rings. The molecule has 4 nitrogen and oxygen atoms in total. The summed E-state index contributed by atoms with van der Waals surface area (Å²) in [4.78, 5) is 1.54. The monoisotopic (exact) mass is 314 g/mol. The number of alkyl halides is 1. The van der Waals surface area contributed by atoms with Crippen molar-refractivity contribution in [3.8, 4) is 17.1 Å². The lowest BCUT2D eigenvalue weighted by molar-refractivity contribution is 0.720. The average molecular weight is 315 g/mol. The number of halogens is 1. The summed E-state index contributed by atoms with van der Waals surface area (Å²) in [5, 5.41) is 13.4. The van der Waals surface area contributed by atoms with E-state index >= 15 is 0 Å². The Bertz CT molecular complexity index is 661. The molecule has 19 heavy (non-hydrogen) atoms. The van der Waals surface area contributed by atoms with Crippen LogP contribution in [0.25, 0.3) is 17.1 Å². The van der Waals surface area contributed by atoms with Crippen LogP contribution in [0.1, 0.15) is 5.56 Å². The van der Waals surface area contributed by atoms with Gasteiger partial charge in [-0.2, -0.15) is 0 Å². The highest BCUT2D eigenvalue weighted by molar-refractivity contribution is 9.08. The van der Waals surface area contributed by atoms with Crippen molar-refractivity contribution in [2.24, 2.45) is 0 Å². The van der Waals surface area contributed by atoms with Crippen molar-refractivity contribution in [3.63, 3.8) is 0 Å². The second-order valence-electron chi connectivity index (χ2n) is 4.07. The maximum Gasteiger partial charge on any atom is 0.205 e. The molecule has 0 amide bonds. The van der Waals surface area contributed by atoms with Crippen molar-refractivity contribution in [2.75, 3.05) is 0 Å². The molecule has 0 radical (unpaired) electrons. The van der Waals surface area contributed by atoms with E-state index in [1.165, 1.54) is 5.56 Å². The first-order valence-electron chi connectivity index (χ1n) is 5.87. The molecule has 0 N–H and O–H groups in total. The molecule has 1 heterocycles. The third kappa shape index (κ3) is 2.56. The molecule has 0 atom stereocenters. The Morgan fingerprint density at radius 3 is 2.37 bits per heavy atom. The molecule has 0 fully saturated rings. The summed E-state index contributed by atoms with van der Waals surface area (Å²) in [6, 6.07) is 17.9. The van der Waals surface area contributed by atoms with Crippen LogP contribution in [0.2, 0.25) is 0 Å². The largest absolute Gasteiger partial charge is 0.205 e. The van der Waals surface area contributed by atoms with Crippen LogP contribution in [0.15, 0.2) is 54.6 Å². The first-order valence-corrected chi connectivity index (χ1v) is 7.00. The summed E-state index contributed by atoms with van der Waals surface area (Å²) in [6.45, 7) is 0. The highest BCUT2D eigenvalue weighted by Gasteiger charge is 2.06. The summed E-state index contributed by atoms with van der Waals surface area (Å²) < 4.78 is 0. The Kier molecular flexibility index (Phi) is 3.37. The maximum absolute atomic E-state index is 4.39. The van der Waals surface area contributed by atoms with E-state index in [1.54, 1.807) is 4.80 Å². The van der Waals surface area contributed by atoms with Gasteiger partial charge in [0.1, 0.15) is 0 Å². The fourth-order valence-corrected chi connectivity index (χ4v) is 2.12. The highest BCUT2D eigenvalue weighted by atomic mass is 79.9. The molecule has 5 heteroatoms. The van der Waals surface area contributed by atoms with Crippen molar-refractivity contribution in [2.45, 2.75) is 5.33 Å². The number of aromatic nitrogens is 4. The lowest BCUT2D eigenvalue weighted by atomic mass is 10.2. The van der Waals surface area contributed by atoms with Crippen LogP contribution in [0.3, 0.4) is 0 Å². The molecule has 2 aromatic carbocycles. The fourth-order valence-electron chi connectivity index (χ4n) is 1.74. The van der Waals surface area contributed by atoms with Gasteiger partial charge in [0.15, 0.2) is 0 Å². The zero-order valence-corrected chi connectivity index (χ0v) is 11.7. The quantitative estimate of drug-likeness (QED) is 0.697. The first kappa shape index (κ1) is 12.0. The van der Waals surface area contributed by atoms with Gasteiger partial charge in [0.05, 0.1) is 5.69 Å². The molecule has 3 rings (SSSR count). The van der Waals surface area contributed by atoms with Crippen LogP contribution >= 0.6 is 15.9 Å². The third-order valence-corrected chi connectivity index (χ3v) is 3.41. The van der Waals surface area contributed by atoms with E-state index in [2.05, 4.69) is 31.3 Å². The van der Waals surface area contributed by atoms with E-state index < -0.39 is 0 Å². The number of hydrogen-bond acceptors (Lipinski definition) is 3. The van der Waals surface area contributed by atoms with E-state index in [9.17, 15) is 0 Å². The van der Waals surface area contributed by atoms with E-state index in [4.69, 9.17) is 0 Å². The first-order chi connectivity index (χ1) is 9.36. The second-order valence-corrected chi connectivity index (χ2v) is 4.63. The molecular formula is C14H11BrN4. The Hall–Kier alpha value is -2.01. The van der Waals surface area contributed by atoms with E-state index in [1.807, 2.05) is 54.6 Å². The summed E-state index contributed by atoms with van der Waals surface area (Å²) in [5.41, 5.74) is 3.08. The van der Waals surface area contributed by atoms with Crippen molar-refractivity contribution >= 4 is 15.9 Å². The molecule has 0 bridgehead atoms. The zero-order chi connectivity index (χ0) is 13.1. The molecule has 0 aliphatic carbocycles. The van der Waals surface area contributed by atoms with Crippen molar-refractivity contribution in [1.29, 1.82) is 0 Å². The summed E-state index contributed by atoms with van der Waals surface area (Å²) in [6.07, 6.45) is 0. The SMILES string of the molecule is BrCc1ccc(-n2nnc(-c3ccccc3)n2)cc1. The molecule has 1 aromatic heterocycles. The van der Waals surface area contributed by atoms with E-state index in [-0.39, 0.29) is 0 Å². The van der Waals surface area contributed by atoms with Crippen LogP contribution in [-0.4, -0.2) is 20.2 Å². The van der Waals surface area contributed by atoms with Crippen molar-refractivity contribution in [3.05, 3.63) is 60.2 Å². The van der Waals surface area contributed by atoms with Crippen molar-refractivity contribution < 1.29 is 0 Å². The maximum atomic E-state index is 4.39. The molecule has 0 saturated carbocycles. The van der Waals surface area contributed by atoms with Gasteiger partial charge in [0.2, 0.25) is 5.82 Å². The van der Waals surface area contributed by atoms with Gasteiger partial charge in [-0.3, -0.25) is 0 Å². The minimum absolute atomic E-state index is 0.630. The van der Waals surface area contributed by atoms with Crippen LogP contribution in [-0.2, 0) is 5.33 Å². The van der Waals surface area contributed by atoms with Gasteiger partial charge in [-0.15, -0.1) is 15.0 Å². The van der Waals surface area contributed by atoms with Gasteiger partial charge in [-0.25, -0.2) is 0 Å². The standard InChI is InChI=1S/C14H11BrN4/c15-10-11-6-8-13(9-7-11)19-17-14(16-18-19)12-4-2-1-3-5-12/h1-9H,10H2. The van der Waals surface area contributed by atoms with E-state index in [0.717, 1.165) is 16.6 Å². The van der Waals surface area contributed by atoms with Gasteiger partial charge >= 0.3 is 0 Å². The normalized spacial score (nSPS) is 10.6. The number of rotatable bonds is 3. The number of tetrazole rings is 1. The molecule has 0 aliphatic rings. The number of benzene rings is 2. The van der Waals surface area contributed by atoms with Gasteiger partial charge in [-0.05, 0) is 22.9 Å². The topological polar surface area (TPSA) is 43.6 Å². The van der Waals surface area contributed by atoms with Crippen LogP contribution in [0, 0.1) is 0 Å². The molecule has 94 valence electrons. The minimum atomic E-state index is 0.630. The van der Waals surface area contributed by atoms with Crippen LogP contribution < -0.4 is 0 Å². The Balaban J connectivity index is 1.92. The Morgan fingerprint density at radius 1 is 0.947 bits per heavy atom. The van der Waals surface area contributed by atoms with Crippen molar-refractivity contribution in [1.82, 2.24) is 20.2 Å². The fraction of sp³-hybridized carbons (Fsp3) is 0.0714. The zero-order valence-electron chi connectivity index (χ0n) is 10.1. The molecular weight excluding hydrogens is 304 g/mol. The summed E-state index contributed by atoms with van der Waals surface area (Å²) >= 11 is 3.42. The lowest BCUT2D eigenvalue weighted by Crippen LogP contribution is -1.98. The Labute approximate surface area is 119 Å². The third-order valence-electron chi connectivity index (χ3n) is 2.77. The Morgan fingerprint density at radius 2 is 1.68 bits per heavy atom. The molecule has 0 spiro atoms. The van der Waals surface area contributed by atoms with Crippen LogP contribution in [0.5, 0.6) is 0 Å². The minimum Gasteiger partial charge on any atom is -0.130 e. The predicted octanol–water partition coefficient (Wildman–Crippen LogP) is 3.22. The predicted molar refractivity (Wildman–Crippen MR) is 77.2 cm³/mol. The summed E-state index contributed by atoms with van der Waals surface area (Å²) in [7, 11) is 0. The van der Waals surface area contributed by atoms with Gasteiger partial charge in [0, 0.05) is 10.9 Å². The molecule has 0 saturated heterocycles. The molecule has 0 unspecified atom stereocenters. The number of nitrogens with zero attached hydrogens (tertiary/aromatic N) is 4. The van der Waals surface area contributed by atoms with Gasteiger partial charge < -0.3 is 0 Å². The highest BCUT2D eigenvalue weighted by Crippen LogP contribution is 2.14. The lowest BCUT2D eigenvalue weighted by Gasteiger charge is -1.99. The van der Waals surface area contributed by atoms with Gasteiger partial charge in [0.25, 0.3) is 0 Å². The van der Waals surface area contributed by atoms with Gasteiger partial charge in [-0.1, -0.05) is 58.4 Å². The molecule has 0 aliphatic heterocycles. The average Bonchev–Trinajstić information content (AvgIpc) is 2.98. The smallest absolute Gasteiger partial charge is 0.130 e. The number of hydrogen-bond donors (Lipinski definition) is 0.